The van der Waals surface area contributed by atoms with Crippen molar-refractivity contribution in [3.8, 4) is 10.6 Å². The highest BCUT2D eigenvalue weighted by atomic mass is 35.5. The van der Waals surface area contributed by atoms with Gasteiger partial charge in [0.25, 0.3) is 0 Å². The number of amides is 1. The number of nitrogens with zero attached hydrogens (tertiary/aromatic N) is 3. The molecule has 0 aliphatic carbocycles. The molecule has 3 heterocycles. The number of carbonyl (C=O) groups excluding carboxylic acids is 1. The summed E-state index contributed by atoms with van der Waals surface area (Å²) in [4.78, 5) is 21.8. The first-order chi connectivity index (χ1) is 13.6. The molecule has 3 aromatic heterocycles. The molecular weight excluding hydrogens is 412 g/mol. The Morgan fingerprint density at radius 1 is 1.25 bits per heavy atom. The molecule has 0 radical (unpaired) electrons. The summed E-state index contributed by atoms with van der Waals surface area (Å²) in [5.74, 6) is -0.171. The van der Waals surface area contributed by atoms with Crippen LogP contribution in [0.5, 0.6) is 0 Å². The molecule has 1 aromatic carbocycles. The summed E-state index contributed by atoms with van der Waals surface area (Å²) in [6, 6.07) is 8.33. The minimum absolute atomic E-state index is 0.171. The van der Waals surface area contributed by atoms with Crippen molar-refractivity contribution < 1.29 is 4.79 Å². The van der Waals surface area contributed by atoms with E-state index in [4.69, 9.17) is 11.6 Å². The Morgan fingerprint density at radius 3 is 2.89 bits per heavy atom. The van der Waals surface area contributed by atoms with Gasteiger partial charge in [0.05, 0.1) is 11.4 Å². The number of carbonyl (C=O) groups is 1. The standard InChI is InChI=1S/C20H17ClN4OS2/c1-13-2-4-14(5-3-13)19-23-15(12-28-19)8-9-22-17(26)7-6-16-18(21)24-20-25(16)10-11-27-20/h2-7,10-12H,8-9H2,1H3,(H,22,26)/b7-6+. The van der Waals surface area contributed by atoms with Gasteiger partial charge in [-0.15, -0.1) is 22.7 Å². The lowest BCUT2D eigenvalue weighted by atomic mass is 10.2. The number of benzene rings is 1. The largest absolute Gasteiger partial charge is 0.352 e. The van der Waals surface area contributed by atoms with Crippen LogP contribution in [0, 0.1) is 6.92 Å². The minimum Gasteiger partial charge on any atom is -0.352 e. The number of rotatable bonds is 6. The van der Waals surface area contributed by atoms with Gasteiger partial charge < -0.3 is 5.32 Å². The van der Waals surface area contributed by atoms with Crippen LogP contribution in [0.2, 0.25) is 5.15 Å². The van der Waals surface area contributed by atoms with Crippen LogP contribution in [0.15, 0.2) is 47.3 Å². The molecule has 0 spiro atoms. The fraction of sp³-hybridized carbons (Fsp3) is 0.150. The Kier molecular flexibility index (Phi) is 5.57. The zero-order valence-electron chi connectivity index (χ0n) is 15.1. The molecular formula is C20H17ClN4OS2. The second-order valence-electron chi connectivity index (χ2n) is 6.23. The number of nitrogens with one attached hydrogen (secondary N) is 1. The lowest BCUT2D eigenvalue weighted by molar-refractivity contribution is -0.116. The molecule has 4 rings (SSSR count). The number of thiazole rings is 2. The SMILES string of the molecule is Cc1ccc(-c2nc(CCNC(=O)/C=C/c3c(Cl)nc4sccn34)cs2)cc1. The van der Waals surface area contributed by atoms with Crippen molar-refractivity contribution in [2.45, 2.75) is 13.3 Å². The van der Waals surface area contributed by atoms with Gasteiger partial charge in [-0.05, 0) is 13.0 Å². The molecule has 0 saturated carbocycles. The molecule has 0 fully saturated rings. The summed E-state index contributed by atoms with van der Waals surface area (Å²) in [5, 5.41) is 8.23. The summed E-state index contributed by atoms with van der Waals surface area (Å²) >= 11 is 9.24. The molecule has 0 saturated heterocycles. The molecule has 8 heteroatoms. The van der Waals surface area contributed by atoms with E-state index in [0.29, 0.717) is 23.8 Å². The van der Waals surface area contributed by atoms with Crippen molar-refractivity contribution in [1.29, 1.82) is 0 Å². The first-order valence-electron chi connectivity index (χ1n) is 8.68. The Bertz CT molecular complexity index is 1140. The molecule has 1 N–H and O–H groups in total. The number of aromatic nitrogens is 3. The molecule has 1 amide bonds. The van der Waals surface area contributed by atoms with Gasteiger partial charge >= 0.3 is 0 Å². The van der Waals surface area contributed by atoms with E-state index in [1.54, 1.807) is 17.4 Å². The van der Waals surface area contributed by atoms with Gasteiger partial charge in [-0.3, -0.25) is 9.20 Å². The molecule has 0 aliphatic heterocycles. The second kappa shape index (κ2) is 8.26. The monoisotopic (exact) mass is 428 g/mol. The van der Waals surface area contributed by atoms with Crippen LogP contribution in [0.3, 0.4) is 0 Å². The molecule has 142 valence electrons. The smallest absolute Gasteiger partial charge is 0.244 e. The predicted octanol–water partition coefficient (Wildman–Crippen LogP) is 4.85. The van der Waals surface area contributed by atoms with E-state index in [-0.39, 0.29) is 5.91 Å². The van der Waals surface area contributed by atoms with Gasteiger partial charge in [0.1, 0.15) is 5.01 Å². The maximum Gasteiger partial charge on any atom is 0.244 e. The van der Waals surface area contributed by atoms with Crippen LogP contribution in [-0.4, -0.2) is 26.8 Å². The fourth-order valence-corrected chi connectivity index (χ4v) is 4.57. The van der Waals surface area contributed by atoms with Crippen molar-refractivity contribution in [1.82, 2.24) is 19.7 Å². The van der Waals surface area contributed by atoms with E-state index in [1.165, 1.54) is 23.0 Å². The first-order valence-corrected chi connectivity index (χ1v) is 10.8. The van der Waals surface area contributed by atoms with E-state index in [2.05, 4.69) is 46.5 Å². The number of hydrogen-bond acceptors (Lipinski definition) is 5. The van der Waals surface area contributed by atoms with Gasteiger partial charge in [-0.1, -0.05) is 41.4 Å². The topological polar surface area (TPSA) is 59.3 Å². The number of fused-ring (bicyclic) bond motifs is 1. The zero-order valence-corrected chi connectivity index (χ0v) is 17.4. The van der Waals surface area contributed by atoms with Gasteiger partial charge in [-0.2, -0.15) is 0 Å². The van der Waals surface area contributed by atoms with Gasteiger partial charge in [0.2, 0.25) is 5.91 Å². The van der Waals surface area contributed by atoms with Crippen molar-refractivity contribution in [3.63, 3.8) is 0 Å². The number of aryl methyl sites for hydroxylation is 1. The Balaban J connectivity index is 1.31. The lowest BCUT2D eigenvalue weighted by Gasteiger charge is -2.00. The van der Waals surface area contributed by atoms with Crippen LogP contribution in [0.25, 0.3) is 21.6 Å². The number of halogens is 1. The Labute approximate surface area is 175 Å². The number of hydrogen-bond donors (Lipinski definition) is 1. The average Bonchev–Trinajstić information content (AvgIpc) is 3.38. The third kappa shape index (κ3) is 4.16. The van der Waals surface area contributed by atoms with E-state index in [9.17, 15) is 4.79 Å². The van der Waals surface area contributed by atoms with Crippen LogP contribution < -0.4 is 5.32 Å². The summed E-state index contributed by atoms with van der Waals surface area (Å²) in [6.45, 7) is 2.59. The third-order valence-electron chi connectivity index (χ3n) is 4.18. The van der Waals surface area contributed by atoms with Crippen LogP contribution in [0.4, 0.5) is 0 Å². The van der Waals surface area contributed by atoms with E-state index in [0.717, 1.165) is 21.2 Å². The van der Waals surface area contributed by atoms with Crippen LogP contribution in [0.1, 0.15) is 17.0 Å². The Morgan fingerprint density at radius 2 is 2.07 bits per heavy atom. The van der Waals surface area contributed by atoms with Crippen molar-refractivity contribution in [2.24, 2.45) is 0 Å². The zero-order chi connectivity index (χ0) is 19.5. The molecule has 0 bridgehead atoms. The fourth-order valence-electron chi connectivity index (χ4n) is 2.70. The highest BCUT2D eigenvalue weighted by molar-refractivity contribution is 7.15. The molecule has 28 heavy (non-hydrogen) atoms. The summed E-state index contributed by atoms with van der Waals surface area (Å²) in [6.07, 6.45) is 5.73. The Hall–Kier alpha value is -2.48. The lowest BCUT2D eigenvalue weighted by Crippen LogP contribution is -2.23. The maximum absolute atomic E-state index is 12.1. The minimum atomic E-state index is -0.171. The molecule has 4 aromatic rings. The summed E-state index contributed by atoms with van der Waals surface area (Å²) in [7, 11) is 0. The van der Waals surface area contributed by atoms with Crippen molar-refractivity contribution in [2.75, 3.05) is 6.54 Å². The van der Waals surface area contributed by atoms with Crippen LogP contribution >= 0.6 is 34.3 Å². The van der Waals surface area contributed by atoms with Gasteiger partial charge in [0, 0.05) is 41.6 Å². The van der Waals surface area contributed by atoms with Gasteiger partial charge in [-0.25, -0.2) is 9.97 Å². The van der Waals surface area contributed by atoms with Crippen LogP contribution in [-0.2, 0) is 11.2 Å². The predicted molar refractivity (Wildman–Crippen MR) is 116 cm³/mol. The highest BCUT2D eigenvalue weighted by Crippen LogP contribution is 2.24. The normalized spacial score (nSPS) is 11.5. The average molecular weight is 429 g/mol. The highest BCUT2D eigenvalue weighted by Gasteiger charge is 2.09. The summed E-state index contributed by atoms with van der Waals surface area (Å²) in [5.41, 5.74) is 4.03. The third-order valence-corrected chi connectivity index (χ3v) is 6.15. The quantitative estimate of drug-likeness (QED) is 0.446. The molecule has 5 nitrogen and oxygen atoms in total. The molecule has 0 unspecified atom stereocenters. The summed E-state index contributed by atoms with van der Waals surface area (Å²) < 4.78 is 1.86. The second-order valence-corrected chi connectivity index (χ2v) is 8.32. The maximum atomic E-state index is 12.1. The molecule has 0 atom stereocenters. The van der Waals surface area contributed by atoms with E-state index >= 15 is 0 Å². The number of imidazole rings is 1. The molecule has 0 aliphatic rings. The van der Waals surface area contributed by atoms with Crippen molar-refractivity contribution >= 4 is 51.2 Å². The van der Waals surface area contributed by atoms with Gasteiger partial charge in [0.15, 0.2) is 10.1 Å². The van der Waals surface area contributed by atoms with E-state index in [1.807, 2.05) is 21.4 Å². The van der Waals surface area contributed by atoms with Crippen molar-refractivity contribution in [3.05, 3.63) is 69.4 Å². The van der Waals surface area contributed by atoms with E-state index < -0.39 is 0 Å². The first kappa shape index (κ1) is 18.9.